The molecular weight excluding hydrogens is 250 g/mol. The van der Waals surface area contributed by atoms with Gasteiger partial charge in [-0.2, -0.15) is 0 Å². The molecule has 0 aliphatic heterocycles. The Bertz CT molecular complexity index is 421. The predicted octanol–water partition coefficient (Wildman–Crippen LogP) is 1.88. The Labute approximate surface area is 113 Å². The fraction of sp³-hybridized carbons (Fsp3) is 0.462. The molecule has 3 N–H and O–H groups in total. The molecule has 1 aromatic carbocycles. The Kier molecular flexibility index (Phi) is 5.44. The Morgan fingerprint density at radius 1 is 1.50 bits per heavy atom. The molecule has 0 radical (unpaired) electrons. The van der Waals surface area contributed by atoms with E-state index in [4.69, 9.17) is 17.3 Å². The lowest BCUT2D eigenvalue weighted by Gasteiger charge is -2.17. The number of anilines is 1. The number of amides is 1. The molecule has 0 fully saturated rings. The summed E-state index contributed by atoms with van der Waals surface area (Å²) in [6.07, 6.45) is 0. The molecule has 0 aliphatic rings. The van der Waals surface area contributed by atoms with Crippen LogP contribution in [0.25, 0.3) is 0 Å². The van der Waals surface area contributed by atoms with Crippen LogP contribution in [0.3, 0.4) is 0 Å². The fourth-order valence-corrected chi connectivity index (χ4v) is 1.79. The van der Waals surface area contributed by atoms with Crippen molar-refractivity contribution < 1.29 is 4.79 Å². The third kappa shape index (κ3) is 4.94. The third-order valence-electron chi connectivity index (χ3n) is 2.38. The lowest BCUT2D eigenvalue weighted by Crippen LogP contribution is -2.38. The van der Waals surface area contributed by atoms with Crippen LogP contribution >= 0.6 is 11.6 Å². The number of nitrogen functional groups attached to an aromatic ring is 1. The summed E-state index contributed by atoms with van der Waals surface area (Å²) < 4.78 is 0. The van der Waals surface area contributed by atoms with Gasteiger partial charge in [-0.05, 0) is 38.6 Å². The van der Waals surface area contributed by atoms with Gasteiger partial charge in [-0.1, -0.05) is 17.7 Å². The van der Waals surface area contributed by atoms with Crippen LogP contribution in [0.1, 0.15) is 19.4 Å². The monoisotopic (exact) mass is 269 g/mol. The van der Waals surface area contributed by atoms with Gasteiger partial charge in [0.2, 0.25) is 5.91 Å². The highest BCUT2D eigenvalue weighted by Crippen LogP contribution is 2.20. The van der Waals surface area contributed by atoms with Crippen LogP contribution in [0.2, 0.25) is 5.02 Å². The molecule has 1 aromatic rings. The summed E-state index contributed by atoms with van der Waals surface area (Å²) in [5.74, 6) is 0.0226. The van der Waals surface area contributed by atoms with Crippen molar-refractivity contribution >= 4 is 23.2 Å². The SMILES string of the molecule is CC(C)NC(=O)CN(C)Cc1ccc(Cl)c(N)c1. The van der Waals surface area contributed by atoms with Gasteiger partial charge in [0.15, 0.2) is 0 Å². The number of rotatable bonds is 5. The minimum atomic E-state index is 0.0226. The molecule has 1 amide bonds. The maximum absolute atomic E-state index is 11.6. The number of nitrogens with one attached hydrogen (secondary N) is 1. The van der Waals surface area contributed by atoms with E-state index in [1.54, 1.807) is 6.07 Å². The quantitative estimate of drug-likeness (QED) is 0.803. The molecule has 0 aliphatic carbocycles. The third-order valence-corrected chi connectivity index (χ3v) is 2.72. The van der Waals surface area contributed by atoms with Gasteiger partial charge in [0.05, 0.1) is 17.3 Å². The Balaban J connectivity index is 2.51. The van der Waals surface area contributed by atoms with Crippen molar-refractivity contribution in [1.82, 2.24) is 10.2 Å². The van der Waals surface area contributed by atoms with E-state index < -0.39 is 0 Å². The molecule has 0 spiro atoms. The average Bonchev–Trinajstić information content (AvgIpc) is 2.21. The minimum Gasteiger partial charge on any atom is -0.398 e. The largest absolute Gasteiger partial charge is 0.398 e. The highest BCUT2D eigenvalue weighted by Gasteiger charge is 2.08. The second-order valence-electron chi connectivity index (χ2n) is 4.75. The summed E-state index contributed by atoms with van der Waals surface area (Å²) in [5, 5.41) is 3.41. The lowest BCUT2D eigenvalue weighted by atomic mass is 10.2. The zero-order valence-corrected chi connectivity index (χ0v) is 11.8. The van der Waals surface area contributed by atoms with Gasteiger partial charge in [0, 0.05) is 12.6 Å². The van der Waals surface area contributed by atoms with Crippen LogP contribution in [0.4, 0.5) is 5.69 Å². The number of carbonyl (C=O) groups excluding carboxylic acids is 1. The van der Waals surface area contributed by atoms with Gasteiger partial charge in [0.1, 0.15) is 0 Å². The van der Waals surface area contributed by atoms with Crippen molar-refractivity contribution in [3.63, 3.8) is 0 Å². The van der Waals surface area contributed by atoms with Crippen molar-refractivity contribution in [3.05, 3.63) is 28.8 Å². The van der Waals surface area contributed by atoms with E-state index in [0.29, 0.717) is 23.8 Å². The van der Waals surface area contributed by atoms with E-state index in [-0.39, 0.29) is 11.9 Å². The van der Waals surface area contributed by atoms with Crippen LogP contribution < -0.4 is 11.1 Å². The Morgan fingerprint density at radius 2 is 2.17 bits per heavy atom. The van der Waals surface area contributed by atoms with Gasteiger partial charge >= 0.3 is 0 Å². The normalized spacial score (nSPS) is 11.0. The van der Waals surface area contributed by atoms with Crippen LogP contribution in [0.5, 0.6) is 0 Å². The first-order valence-corrected chi connectivity index (χ1v) is 6.28. The smallest absolute Gasteiger partial charge is 0.234 e. The Morgan fingerprint density at radius 3 is 2.72 bits per heavy atom. The first-order chi connectivity index (χ1) is 8.38. The highest BCUT2D eigenvalue weighted by molar-refractivity contribution is 6.33. The van der Waals surface area contributed by atoms with E-state index in [2.05, 4.69) is 5.32 Å². The van der Waals surface area contributed by atoms with Gasteiger partial charge in [0.25, 0.3) is 0 Å². The number of hydrogen-bond donors (Lipinski definition) is 2. The molecule has 0 aromatic heterocycles. The first-order valence-electron chi connectivity index (χ1n) is 5.90. The topological polar surface area (TPSA) is 58.4 Å². The predicted molar refractivity (Wildman–Crippen MR) is 75.5 cm³/mol. The number of hydrogen-bond acceptors (Lipinski definition) is 3. The van der Waals surface area contributed by atoms with Crippen molar-refractivity contribution in [2.24, 2.45) is 0 Å². The van der Waals surface area contributed by atoms with Crippen molar-refractivity contribution in [3.8, 4) is 0 Å². The molecule has 4 nitrogen and oxygen atoms in total. The number of halogens is 1. The molecular formula is C13H20ClN3O. The number of likely N-dealkylation sites (N-methyl/N-ethyl adjacent to an activating group) is 1. The molecule has 0 atom stereocenters. The molecule has 18 heavy (non-hydrogen) atoms. The van der Waals surface area contributed by atoms with E-state index in [0.717, 1.165) is 5.56 Å². The summed E-state index contributed by atoms with van der Waals surface area (Å²) in [5.41, 5.74) is 7.34. The maximum Gasteiger partial charge on any atom is 0.234 e. The molecule has 0 bridgehead atoms. The van der Waals surface area contributed by atoms with E-state index >= 15 is 0 Å². The molecule has 0 saturated carbocycles. The summed E-state index contributed by atoms with van der Waals surface area (Å²) in [6.45, 7) is 4.91. The molecule has 100 valence electrons. The van der Waals surface area contributed by atoms with Crippen molar-refractivity contribution in [1.29, 1.82) is 0 Å². The molecule has 0 heterocycles. The second kappa shape index (κ2) is 6.61. The summed E-state index contributed by atoms with van der Waals surface area (Å²) in [4.78, 5) is 13.5. The zero-order chi connectivity index (χ0) is 13.7. The average molecular weight is 270 g/mol. The van der Waals surface area contributed by atoms with E-state index in [9.17, 15) is 4.79 Å². The summed E-state index contributed by atoms with van der Waals surface area (Å²) >= 11 is 5.86. The summed E-state index contributed by atoms with van der Waals surface area (Å²) in [7, 11) is 1.89. The molecule has 1 rings (SSSR count). The van der Waals surface area contributed by atoms with Gasteiger partial charge in [-0.15, -0.1) is 0 Å². The van der Waals surface area contributed by atoms with Crippen LogP contribution in [-0.4, -0.2) is 30.4 Å². The standard InChI is InChI=1S/C13H20ClN3O/c1-9(2)16-13(18)8-17(3)7-10-4-5-11(14)12(15)6-10/h4-6,9H,7-8,15H2,1-3H3,(H,16,18). The fourth-order valence-electron chi connectivity index (χ4n) is 1.67. The van der Waals surface area contributed by atoms with Crippen molar-refractivity contribution in [2.45, 2.75) is 26.4 Å². The second-order valence-corrected chi connectivity index (χ2v) is 5.16. The number of carbonyl (C=O) groups is 1. The van der Waals surface area contributed by atoms with Crippen LogP contribution in [0.15, 0.2) is 18.2 Å². The molecule has 0 unspecified atom stereocenters. The van der Waals surface area contributed by atoms with E-state index in [1.807, 2.05) is 37.9 Å². The number of benzene rings is 1. The molecule has 0 saturated heterocycles. The lowest BCUT2D eigenvalue weighted by molar-refractivity contribution is -0.122. The Hall–Kier alpha value is -1.26. The van der Waals surface area contributed by atoms with Crippen molar-refractivity contribution in [2.75, 3.05) is 19.3 Å². The maximum atomic E-state index is 11.6. The first kappa shape index (κ1) is 14.8. The molecule has 5 heteroatoms. The number of nitrogens with two attached hydrogens (primary N) is 1. The minimum absolute atomic E-state index is 0.0226. The number of nitrogens with zero attached hydrogens (tertiary/aromatic N) is 1. The zero-order valence-electron chi connectivity index (χ0n) is 11.0. The highest BCUT2D eigenvalue weighted by atomic mass is 35.5. The summed E-state index contributed by atoms with van der Waals surface area (Å²) in [6, 6.07) is 5.68. The van der Waals surface area contributed by atoms with Crippen LogP contribution in [-0.2, 0) is 11.3 Å². The van der Waals surface area contributed by atoms with Gasteiger partial charge in [-0.3, -0.25) is 9.69 Å². The van der Waals surface area contributed by atoms with Gasteiger partial charge < -0.3 is 11.1 Å². The van der Waals surface area contributed by atoms with Gasteiger partial charge in [-0.25, -0.2) is 0 Å². The van der Waals surface area contributed by atoms with Crippen LogP contribution in [0, 0.1) is 0 Å². The van der Waals surface area contributed by atoms with E-state index in [1.165, 1.54) is 0 Å².